The number of guanidine groups is 1. The molecule has 3 rings (SSSR count). The molecular weight excluding hydrogens is 330 g/mol. The Hall–Kier alpha value is -2.99. The van der Waals surface area contributed by atoms with Crippen molar-refractivity contribution in [2.45, 2.75) is 13.8 Å². The topological polar surface area (TPSA) is 87.2 Å². The van der Waals surface area contributed by atoms with Gasteiger partial charge in [0, 0.05) is 5.56 Å². The second kappa shape index (κ2) is 7.27. The quantitative estimate of drug-likeness (QED) is 0.378. The van der Waals surface area contributed by atoms with Gasteiger partial charge in [-0.2, -0.15) is 5.10 Å². The Morgan fingerprint density at radius 2 is 1.64 bits per heavy atom. The number of nitrogens with two attached hydrogens (primary N) is 1. The summed E-state index contributed by atoms with van der Waals surface area (Å²) < 4.78 is 0. The fourth-order valence-electron chi connectivity index (χ4n) is 2.49. The zero-order chi connectivity index (χ0) is 17.8. The molecule has 0 amide bonds. The third-order valence-electron chi connectivity index (χ3n) is 3.71. The van der Waals surface area contributed by atoms with Gasteiger partial charge in [-0.3, -0.25) is 5.41 Å². The molecular formula is C19H19N5S. The van der Waals surface area contributed by atoms with Crippen LogP contribution in [0.2, 0.25) is 0 Å². The van der Waals surface area contributed by atoms with Gasteiger partial charge in [-0.15, -0.1) is 11.3 Å². The first-order chi connectivity index (χ1) is 12.0. The van der Waals surface area contributed by atoms with E-state index in [0.29, 0.717) is 0 Å². The van der Waals surface area contributed by atoms with Gasteiger partial charge in [-0.1, -0.05) is 54.6 Å². The number of rotatable bonds is 4. The second-order valence-electron chi connectivity index (χ2n) is 5.60. The molecule has 126 valence electrons. The van der Waals surface area contributed by atoms with Crippen LogP contribution in [0, 0.1) is 12.3 Å². The van der Waals surface area contributed by atoms with E-state index in [2.05, 4.69) is 51.9 Å². The van der Waals surface area contributed by atoms with Crippen molar-refractivity contribution in [3.8, 4) is 21.7 Å². The Morgan fingerprint density at radius 3 is 2.28 bits per heavy atom. The zero-order valence-corrected chi connectivity index (χ0v) is 14.9. The Morgan fingerprint density at radius 1 is 1.04 bits per heavy atom. The molecule has 25 heavy (non-hydrogen) atoms. The van der Waals surface area contributed by atoms with E-state index < -0.39 is 0 Å². The first-order valence-corrected chi connectivity index (χ1v) is 8.64. The summed E-state index contributed by atoms with van der Waals surface area (Å²) in [5, 5.41) is 12.2. The first kappa shape index (κ1) is 16.9. The summed E-state index contributed by atoms with van der Waals surface area (Å²) >= 11 is 1.58. The lowest BCUT2D eigenvalue weighted by Crippen LogP contribution is -2.26. The summed E-state index contributed by atoms with van der Waals surface area (Å²) in [6, 6.07) is 18.7. The normalized spacial score (nSPS) is 11.4. The molecule has 0 saturated carbocycles. The van der Waals surface area contributed by atoms with Crippen LogP contribution in [0.15, 0.2) is 59.7 Å². The van der Waals surface area contributed by atoms with E-state index in [1.807, 2.05) is 32.0 Å². The van der Waals surface area contributed by atoms with E-state index in [1.54, 1.807) is 11.3 Å². The summed E-state index contributed by atoms with van der Waals surface area (Å²) in [7, 11) is 0. The third kappa shape index (κ3) is 3.92. The number of nitrogens with zero attached hydrogens (tertiary/aromatic N) is 2. The lowest BCUT2D eigenvalue weighted by molar-refractivity contribution is 0.992. The monoisotopic (exact) mass is 349 g/mol. The molecule has 3 aromatic rings. The minimum absolute atomic E-state index is 0.182. The Kier molecular flexibility index (Phi) is 4.90. The summed E-state index contributed by atoms with van der Waals surface area (Å²) in [6.07, 6.45) is 0. The molecule has 2 aromatic carbocycles. The molecule has 0 bridgehead atoms. The number of benzene rings is 2. The summed E-state index contributed by atoms with van der Waals surface area (Å²) in [5.74, 6) is -0.182. The fraction of sp³-hybridized carbons (Fsp3) is 0.105. The van der Waals surface area contributed by atoms with Crippen molar-refractivity contribution in [2.75, 3.05) is 0 Å². The highest BCUT2D eigenvalue weighted by Gasteiger charge is 2.12. The van der Waals surface area contributed by atoms with Gasteiger partial charge >= 0.3 is 0 Å². The maximum Gasteiger partial charge on any atom is 0.206 e. The Bertz CT molecular complexity index is 911. The van der Waals surface area contributed by atoms with Crippen LogP contribution in [-0.2, 0) is 0 Å². The summed E-state index contributed by atoms with van der Waals surface area (Å²) in [6.45, 7) is 3.83. The highest BCUT2D eigenvalue weighted by molar-refractivity contribution is 7.17. The van der Waals surface area contributed by atoms with Crippen molar-refractivity contribution in [2.24, 2.45) is 10.8 Å². The molecule has 6 heteroatoms. The van der Waals surface area contributed by atoms with E-state index in [0.717, 1.165) is 26.9 Å². The van der Waals surface area contributed by atoms with E-state index in [4.69, 9.17) is 11.1 Å². The van der Waals surface area contributed by atoms with E-state index in [-0.39, 0.29) is 5.96 Å². The highest BCUT2D eigenvalue weighted by atomic mass is 32.1. The molecule has 0 aliphatic carbocycles. The number of nitrogens with one attached hydrogen (secondary N) is 2. The van der Waals surface area contributed by atoms with Crippen molar-refractivity contribution >= 4 is 23.0 Å². The number of hydrazone groups is 1. The number of aromatic nitrogens is 1. The van der Waals surface area contributed by atoms with Gasteiger partial charge in [0.05, 0.1) is 16.3 Å². The van der Waals surface area contributed by atoms with E-state index >= 15 is 0 Å². The molecule has 0 atom stereocenters. The van der Waals surface area contributed by atoms with Gasteiger partial charge in [0.15, 0.2) is 0 Å². The molecule has 0 fully saturated rings. The smallest absolute Gasteiger partial charge is 0.206 e. The predicted molar refractivity (Wildman–Crippen MR) is 105 cm³/mol. The molecule has 4 N–H and O–H groups in total. The van der Waals surface area contributed by atoms with Crippen molar-refractivity contribution in [1.82, 2.24) is 10.4 Å². The van der Waals surface area contributed by atoms with Gasteiger partial charge < -0.3 is 5.73 Å². The highest BCUT2D eigenvalue weighted by Crippen LogP contribution is 2.30. The van der Waals surface area contributed by atoms with Crippen LogP contribution in [0.1, 0.15) is 17.5 Å². The average molecular weight is 349 g/mol. The van der Waals surface area contributed by atoms with Gasteiger partial charge in [0.2, 0.25) is 5.96 Å². The van der Waals surface area contributed by atoms with Crippen LogP contribution < -0.4 is 11.2 Å². The predicted octanol–water partition coefficient (Wildman–Crippen LogP) is 3.99. The number of hydrogen-bond donors (Lipinski definition) is 3. The van der Waals surface area contributed by atoms with E-state index in [1.165, 1.54) is 11.1 Å². The van der Waals surface area contributed by atoms with E-state index in [9.17, 15) is 0 Å². The summed E-state index contributed by atoms with van der Waals surface area (Å²) in [4.78, 5) is 5.64. The fourth-order valence-corrected chi connectivity index (χ4v) is 3.50. The van der Waals surface area contributed by atoms with Crippen molar-refractivity contribution < 1.29 is 0 Å². The van der Waals surface area contributed by atoms with Crippen molar-refractivity contribution in [3.63, 3.8) is 0 Å². The maximum atomic E-state index is 7.18. The zero-order valence-electron chi connectivity index (χ0n) is 14.1. The van der Waals surface area contributed by atoms with Crippen LogP contribution >= 0.6 is 11.3 Å². The third-order valence-corrected chi connectivity index (χ3v) is 5.02. The number of thiazole rings is 1. The van der Waals surface area contributed by atoms with Gasteiger partial charge in [0.25, 0.3) is 0 Å². The molecule has 1 aromatic heterocycles. The first-order valence-electron chi connectivity index (χ1n) is 7.82. The molecule has 0 aliphatic heterocycles. The van der Waals surface area contributed by atoms with Gasteiger partial charge in [-0.25, -0.2) is 10.4 Å². The van der Waals surface area contributed by atoms with Crippen molar-refractivity contribution in [1.29, 1.82) is 5.41 Å². The van der Waals surface area contributed by atoms with Crippen LogP contribution in [0.25, 0.3) is 21.7 Å². The lowest BCUT2D eigenvalue weighted by Gasteiger charge is -2.02. The average Bonchev–Trinajstić information content (AvgIpc) is 3.02. The lowest BCUT2D eigenvalue weighted by atomic mass is 10.0. The molecule has 0 unspecified atom stereocenters. The molecule has 0 radical (unpaired) electrons. The Balaban J connectivity index is 1.87. The van der Waals surface area contributed by atoms with Crippen LogP contribution in [0.4, 0.5) is 0 Å². The van der Waals surface area contributed by atoms with Crippen molar-refractivity contribution in [3.05, 3.63) is 65.2 Å². The molecule has 0 saturated heterocycles. The second-order valence-corrected chi connectivity index (χ2v) is 6.60. The van der Waals surface area contributed by atoms with Gasteiger partial charge in [-0.05, 0) is 25.0 Å². The van der Waals surface area contributed by atoms with Gasteiger partial charge in [0.1, 0.15) is 5.01 Å². The number of hydrogen-bond acceptors (Lipinski definition) is 4. The van der Waals surface area contributed by atoms with Crippen LogP contribution in [0.5, 0.6) is 0 Å². The molecule has 0 spiro atoms. The van der Waals surface area contributed by atoms with Crippen LogP contribution in [-0.4, -0.2) is 16.7 Å². The standard InChI is InChI=1S/C19H19N5S/c1-12-17(13(2)23-24-19(20)21)25-18(22-12)16-10-8-15(9-11-16)14-6-4-3-5-7-14/h3-11H,1-2H3,(H4,20,21,24). The summed E-state index contributed by atoms with van der Waals surface area (Å²) in [5.41, 5.74) is 12.9. The molecule has 5 nitrogen and oxygen atoms in total. The van der Waals surface area contributed by atoms with Crippen LogP contribution in [0.3, 0.4) is 0 Å². The Labute approximate surface area is 150 Å². The number of aryl methyl sites for hydroxylation is 1. The minimum Gasteiger partial charge on any atom is -0.369 e. The minimum atomic E-state index is -0.182. The maximum absolute atomic E-state index is 7.18. The molecule has 1 heterocycles. The molecule has 0 aliphatic rings. The largest absolute Gasteiger partial charge is 0.369 e. The SMILES string of the molecule is CC(=NNC(=N)N)c1sc(-c2ccc(-c3ccccc3)cc2)nc1C.